The Kier molecular flexibility index (Phi) is 6.99. The van der Waals surface area contributed by atoms with Gasteiger partial charge >= 0.3 is 12.4 Å². The van der Waals surface area contributed by atoms with Gasteiger partial charge in [-0.15, -0.1) is 0 Å². The first-order valence-electron chi connectivity index (χ1n) is 11.0. The van der Waals surface area contributed by atoms with E-state index < -0.39 is 56.8 Å². The SMILES string of the molecule is Cc1ccccc1N1C=C(S(C)(=O)=O)OC2=C(C1=O)C(Cc1cc(C(F)(F)F)cc(C(F)(F)F)c1)NCN2. The van der Waals surface area contributed by atoms with Crippen LogP contribution in [0.15, 0.2) is 65.2 Å². The molecule has 1 amide bonds. The summed E-state index contributed by atoms with van der Waals surface area (Å²) in [5.41, 5.74) is -2.61. The Hall–Kier alpha value is -3.52. The van der Waals surface area contributed by atoms with Gasteiger partial charge in [-0.2, -0.15) is 26.3 Å². The summed E-state index contributed by atoms with van der Waals surface area (Å²) < 4.78 is 111. The maximum absolute atomic E-state index is 13.8. The molecule has 0 fully saturated rings. The molecule has 1 unspecified atom stereocenters. The minimum Gasteiger partial charge on any atom is -0.427 e. The second kappa shape index (κ2) is 9.66. The second-order valence-electron chi connectivity index (χ2n) is 8.76. The highest BCUT2D eigenvalue weighted by atomic mass is 32.2. The number of carbonyl (C=O) groups excluding carboxylic acids is 1. The third-order valence-corrected chi connectivity index (χ3v) is 6.82. The van der Waals surface area contributed by atoms with Crippen LogP contribution in [-0.2, 0) is 38.1 Å². The van der Waals surface area contributed by atoms with Gasteiger partial charge in [0.05, 0.1) is 35.3 Å². The molecular formula is C24H21F6N3O4S. The van der Waals surface area contributed by atoms with E-state index in [1.165, 1.54) is 0 Å². The third kappa shape index (κ3) is 5.65. The van der Waals surface area contributed by atoms with Gasteiger partial charge in [0, 0.05) is 12.3 Å². The lowest BCUT2D eigenvalue weighted by molar-refractivity contribution is -0.143. The Morgan fingerprint density at radius 1 is 1.03 bits per heavy atom. The number of carbonyl (C=O) groups is 1. The van der Waals surface area contributed by atoms with Gasteiger partial charge in [0.25, 0.3) is 5.91 Å². The number of alkyl halides is 6. The molecule has 2 N–H and O–H groups in total. The average molecular weight is 562 g/mol. The number of amides is 1. The zero-order valence-electron chi connectivity index (χ0n) is 19.9. The van der Waals surface area contributed by atoms with Gasteiger partial charge in [0.2, 0.25) is 20.8 Å². The number of hydrogen-bond acceptors (Lipinski definition) is 6. The molecule has 204 valence electrons. The molecule has 0 aliphatic carbocycles. The highest BCUT2D eigenvalue weighted by Gasteiger charge is 2.40. The summed E-state index contributed by atoms with van der Waals surface area (Å²) in [5.74, 6) is -1.05. The molecule has 0 saturated heterocycles. The zero-order chi connectivity index (χ0) is 28.0. The number of halogens is 6. The van der Waals surface area contributed by atoms with Crippen molar-refractivity contribution in [1.29, 1.82) is 0 Å². The van der Waals surface area contributed by atoms with Crippen LogP contribution in [0.2, 0.25) is 0 Å². The summed E-state index contributed by atoms with van der Waals surface area (Å²) in [6, 6.07) is 6.60. The van der Waals surface area contributed by atoms with Crippen LogP contribution in [0.25, 0.3) is 0 Å². The topological polar surface area (TPSA) is 87.7 Å². The molecule has 0 saturated carbocycles. The van der Waals surface area contributed by atoms with Crippen LogP contribution >= 0.6 is 0 Å². The summed E-state index contributed by atoms with van der Waals surface area (Å²) in [4.78, 5) is 14.8. The molecule has 2 aliphatic heterocycles. The lowest BCUT2D eigenvalue weighted by atomic mass is 9.94. The lowest BCUT2D eigenvalue weighted by Gasteiger charge is -2.30. The van der Waals surface area contributed by atoms with E-state index in [4.69, 9.17) is 4.74 Å². The first-order valence-corrected chi connectivity index (χ1v) is 12.9. The number of aryl methyl sites for hydroxylation is 1. The van der Waals surface area contributed by atoms with E-state index in [0.717, 1.165) is 17.4 Å². The van der Waals surface area contributed by atoms with Crippen LogP contribution in [0, 0.1) is 6.92 Å². The third-order valence-electron chi connectivity index (χ3n) is 5.90. The van der Waals surface area contributed by atoms with Crippen molar-refractivity contribution in [3.63, 3.8) is 0 Å². The fourth-order valence-electron chi connectivity index (χ4n) is 4.10. The van der Waals surface area contributed by atoms with Crippen molar-refractivity contribution in [2.75, 3.05) is 17.8 Å². The van der Waals surface area contributed by atoms with Crippen molar-refractivity contribution in [3.05, 3.63) is 87.5 Å². The van der Waals surface area contributed by atoms with Crippen molar-refractivity contribution in [2.24, 2.45) is 0 Å². The molecule has 7 nitrogen and oxygen atoms in total. The predicted molar refractivity (Wildman–Crippen MR) is 125 cm³/mol. The largest absolute Gasteiger partial charge is 0.427 e. The molecule has 0 bridgehead atoms. The predicted octanol–water partition coefficient (Wildman–Crippen LogP) is 4.21. The van der Waals surface area contributed by atoms with Crippen LogP contribution < -0.4 is 15.5 Å². The first kappa shape index (κ1) is 27.5. The fourth-order valence-corrected chi connectivity index (χ4v) is 4.63. The van der Waals surface area contributed by atoms with Gasteiger partial charge < -0.3 is 10.1 Å². The number of sulfone groups is 1. The first-order chi connectivity index (χ1) is 17.6. The van der Waals surface area contributed by atoms with E-state index in [9.17, 15) is 39.6 Å². The summed E-state index contributed by atoms with van der Waals surface area (Å²) in [6.07, 6.45) is -8.69. The molecule has 2 aromatic carbocycles. The molecule has 1 atom stereocenters. The van der Waals surface area contributed by atoms with Crippen LogP contribution in [0.3, 0.4) is 0 Å². The van der Waals surface area contributed by atoms with Crippen LogP contribution in [-0.4, -0.2) is 33.3 Å². The Morgan fingerprint density at radius 2 is 1.63 bits per heavy atom. The van der Waals surface area contributed by atoms with Gasteiger partial charge in [-0.25, -0.2) is 8.42 Å². The molecule has 0 radical (unpaired) electrons. The van der Waals surface area contributed by atoms with E-state index in [2.05, 4.69) is 10.6 Å². The highest BCUT2D eigenvalue weighted by molar-refractivity contribution is 7.94. The Labute approximate surface area is 213 Å². The summed E-state index contributed by atoms with van der Waals surface area (Å²) in [7, 11) is -4.00. The molecule has 14 heteroatoms. The van der Waals surface area contributed by atoms with Gasteiger partial charge in [-0.05, 0) is 48.7 Å². The van der Waals surface area contributed by atoms with E-state index in [1.807, 2.05) is 0 Å². The maximum Gasteiger partial charge on any atom is 0.416 e. The second-order valence-corrected chi connectivity index (χ2v) is 10.7. The van der Waals surface area contributed by atoms with Crippen molar-refractivity contribution in [3.8, 4) is 0 Å². The Balaban J connectivity index is 1.82. The average Bonchev–Trinajstić information content (AvgIpc) is 2.95. The minimum atomic E-state index is -5.04. The van der Waals surface area contributed by atoms with Gasteiger partial charge in [0.1, 0.15) is 0 Å². The van der Waals surface area contributed by atoms with Gasteiger partial charge in [-0.1, -0.05) is 18.2 Å². The number of hydrogen-bond donors (Lipinski definition) is 2. The number of nitrogens with zero attached hydrogens (tertiary/aromatic N) is 1. The van der Waals surface area contributed by atoms with Crippen molar-refractivity contribution in [2.45, 2.75) is 31.7 Å². The fraction of sp³-hybridized carbons (Fsp3) is 0.292. The molecule has 2 aromatic rings. The number of anilines is 1. The van der Waals surface area contributed by atoms with E-state index in [1.54, 1.807) is 31.2 Å². The standard InChI is InChI=1S/C24H21F6N3O4S/c1-13-5-3-4-6-18(13)33-11-19(38(2,35)36)37-21-20(22(33)34)17(31-12-32-21)9-14-7-15(23(25,26)27)10-16(8-14)24(28,29)30/h3-8,10-11,17,31-32H,9,12H2,1-2H3. The molecule has 38 heavy (non-hydrogen) atoms. The summed E-state index contributed by atoms with van der Waals surface area (Å²) >= 11 is 0. The number of benzene rings is 2. The summed E-state index contributed by atoms with van der Waals surface area (Å²) in [5, 5.41) is 4.97. The lowest BCUT2D eigenvalue weighted by Crippen LogP contribution is -2.49. The Morgan fingerprint density at radius 3 is 2.18 bits per heavy atom. The van der Waals surface area contributed by atoms with Crippen LogP contribution in [0.1, 0.15) is 22.3 Å². The molecule has 0 spiro atoms. The van der Waals surface area contributed by atoms with Gasteiger partial charge in [0.15, 0.2) is 0 Å². The smallest absolute Gasteiger partial charge is 0.416 e. The molecule has 2 heterocycles. The quantitative estimate of drug-likeness (QED) is 0.544. The molecule has 4 rings (SSSR count). The minimum absolute atomic E-state index is 0.0200. The van der Waals surface area contributed by atoms with E-state index in [-0.39, 0.29) is 29.8 Å². The van der Waals surface area contributed by atoms with Gasteiger partial charge in [-0.3, -0.25) is 15.0 Å². The van der Waals surface area contributed by atoms with Crippen LogP contribution in [0.5, 0.6) is 0 Å². The van der Waals surface area contributed by atoms with Crippen molar-refractivity contribution in [1.82, 2.24) is 10.6 Å². The molecule has 0 aromatic heterocycles. The number of para-hydroxylation sites is 1. The maximum atomic E-state index is 13.8. The van der Waals surface area contributed by atoms with Crippen molar-refractivity contribution < 1.29 is 44.3 Å². The molecular weight excluding hydrogens is 540 g/mol. The normalized spacial score (nSPS) is 18.8. The number of rotatable bonds is 4. The molecule has 2 aliphatic rings. The highest BCUT2D eigenvalue weighted by Crippen LogP contribution is 2.37. The number of ether oxygens (including phenoxy) is 1. The van der Waals surface area contributed by atoms with Crippen molar-refractivity contribution >= 4 is 21.4 Å². The van der Waals surface area contributed by atoms with Crippen LogP contribution in [0.4, 0.5) is 32.0 Å². The number of nitrogens with one attached hydrogen (secondary N) is 2. The monoisotopic (exact) mass is 561 g/mol. The Bertz CT molecular complexity index is 1420. The van der Waals surface area contributed by atoms with E-state index >= 15 is 0 Å². The summed E-state index contributed by atoms with van der Waals surface area (Å²) in [6.45, 7) is 1.57. The zero-order valence-corrected chi connectivity index (χ0v) is 20.7. The van der Waals surface area contributed by atoms with E-state index in [0.29, 0.717) is 23.4 Å².